The van der Waals surface area contributed by atoms with Crippen molar-refractivity contribution < 1.29 is 9.59 Å². The van der Waals surface area contributed by atoms with Crippen molar-refractivity contribution in [2.24, 2.45) is 11.8 Å². The van der Waals surface area contributed by atoms with Crippen molar-refractivity contribution in [2.75, 3.05) is 0 Å². The average Bonchev–Trinajstić information content (AvgIpc) is 4.16. The van der Waals surface area contributed by atoms with Crippen LogP contribution in [0.3, 0.4) is 0 Å². The van der Waals surface area contributed by atoms with E-state index >= 15 is 0 Å². The van der Waals surface area contributed by atoms with E-state index in [2.05, 4.69) is 58.3 Å². The molecule has 8 aliphatic carbocycles. The van der Waals surface area contributed by atoms with Crippen LogP contribution in [0.2, 0.25) is 0 Å². The van der Waals surface area contributed by atoms with Gasteiger partial charge in [-0.3, -0.25) is 9.59 Å². The van der Waals surface area contributed by atoms with Gasteiger partial charge < -0.3 is 0 Å². The number of ketones is 2. The molecule has 2 atom stereocenters. The predicted octanol–water partition coefficient (Wildman–Crippen LogP) is 13.7. The molecule has 0 radical (unpaired) electrons. The Morgan fingerprint density at radius 1 is 0.594 bits per heavy atom. The molecule has 2 saturated carbocycles. The van der Waals surface area contributed by atoms with Crippen molar-refractivity contribution in [1.82, 2.24) is 0 Å². The highest BCUT2D eigenvalue weighted by molar-refractivity contribution is 7.14. The number of thiophene rings is 2. The van der Waals surface area contributed by atoms with Crippen LogP contribution in [0.1, 0.15) is 127 Å². The van der Waals surface area contributed by atoms with E-state index < -0.39 is 0 Å². The molecule has 2 aromatic carbocycles. The van der Waals surface area contributed by atoms with Crippen LogP contribution in [0.4, 0.5) is 0 Å². The van der Waals surface area contributed by atoms with E-state index in [9.17, 15) is 20.1 Å². The Morgan fingerprint density at radius 2 is 0.984 bits per heavy atom. The summed E-state index contributed by atoms with van der Waals surface area (Å²) in [4.78, 5) is 39.5. The van der Waals surface area contributed by atoms with Crippen LogP contribution >= 0.6 is 22.7 Å². The van der Waals surface area contributed by atoms with E-state index in [0.29, 0.717) is 44.5 Å². The Morgan fingerprint density at radius 3 is 1.36 bits per heavy atom. The Bertz CT molecular complexity index is 3070. The lowest BCUT2D eigenvalue weighted by Gasteiger charge is -2.40. The van der Waals surface area contributed by atoms with Crippen LogP contribution < -0.4 is 0 Å². The Hall–Kier alpha value is -6.94. The monoisotopic (exact) mass is 862 g/mol. The van der Waals surface area contributed by atoms with E-state index in [4.69, 9.17) is 13.1 Å². The summed E-state index contributed by atoms with van der Waals surface area (Å²) in [5, 5.41) is 20.0. The summed E-state index contributed by atoms with van der Waals surface area (Å²) in [6.45, 7) is 15.6. The molecule has 2 unspecified atom stereocenters. The highest BCUT2D eigenvalue weighted by atomic mass is 32.1. The van der Waals surface area contributed by atoms with E-state index in [1.165, 1.54) is 56.0 Å². The van der Waals surface area contributed by atoms with E-state index in [1.54, 1.807) is 34.8 Å². The molecule has 0 saturated heterocycles. The van der Waals surface area contributed by atoms with Gasteiger partial charge in [-0.1, -0.05) is 111 Å². The summed E-state index contributed by atoms with van der Waals surface area (Å²) in [6.07, 6.45) is 25.5. The molecule has 2 aromatic heterocycles. The molecule has 6 nitrogen and oxygen atoms in total. The molecule has 0 bridgehead atoms. The molecule has 64 heavy (non-hydrogen) atoms. The van der Waals surface area contributed by atoms with Gasteiger partial charge in [0.05, 0.1) is 25.3 Å². The summed E-state index contributed by atoms with van der Waals surface area (Å²) in [6, 6.07) is 23.4. The van der Waals surface area contributed by atoms with Crippen LogP contribution in [0.25, 0.3) is 44.1 Å². The molecule has 0 amide bonds. The van der Waals surface area contributed by atoms with Gasteiger partial charge in [0.1, 0.15) is 0 Å². The maximum absolute atomic E-state index is 13.9. The molecule has 2 fully saturated rings. The lowest BCUT2D eigenvalue weighted by atomic mass is 9.63. The zero-order chi connectivity index (χ0) is 43.5. The largest absolute Gasteiger partial charge is 0.289 e. The maximum atomic E-state index is 13.9. The molecule has 0 N–H and O–H groups in total. The van der Waals surface area contributed by atoms with Gasteiger partial charge in [-0.15, -0.1) is 22.7 Å². The average molecular weight is 863 g/mol. The fraction of sp³-hybridized carbons (Fsp3) is 0.250. The van der Waals surface area contributed by atoms with Crippen LogP contribution in [-0.2, 0) is 10.8 Å². The number of allylic oxidation sites excluding steroid dienone is 14. The summed E-state index contributed by atoms with van der Waals surface area (Å²) in [7, 11) is 0. The number of carbonyl (C=O) groups is 2. The highest BCUT2D eigenvalue weighted by Gasteiger charge is 2.52. The summed E-state index contributed by atoms with van der Waals surface area (Å²) in [5.74, 6) is 0.107. The van der Waals surface area contributed by atoms with Gasteiger partial charge in [0.25, 0.3) is 11.4 Å². The molecule has 12 rings (SSSR count). The number of rotatable bonds is 2. The molecular weight excluding hydrogens is 825 g/mol. The minimum absolute atomic E-state index is 0.0568. The first-order valence-corrected chi connectivity index (χ1v) is 23.9. The van der Waals surface area contributed by atoms with Crippen molar-refractivity contribution in [3.63, 3.8) is 0 Å². The molecular formula is C56H38N4O2S2. The lowest BCUT2D eigenvalue weighted by molar-refractivity contribution is 0.103. The maximum Gasteiger partial charge on any atom is 0.270 e. The molecule has 2 spiro atoms. The van der Waals surface area contributed by atoms with Crippen molar-refractivity contribution in [1.29, 1.82) is 10.5 Å². The van der Waals surface area contributed by atoms with E-state index in [0.717, 1.165) is 61.1 Å². The van der Waals surface area contributed by atoms with Crippen LogP contribution in [0.15, 0.2) is 119 Å². The molecule has 4 aromatic rings. The molecule has 306 valence electrons. The first-order chi connectivity index (χ1) is 31.3. The molecule has 8 aliphatic rings. The summed E-state index contributed by atoms with van der Waals surface area (Å²) >= 11 is 3.47. The molecule has 0 aliphatic heterocycles. The number of Topliss-reactive ketones (excluding diaryl/α,β-unsaturated/α-hetero) is 2. The number of benzene rings is 2. The Kier molecular flexibility index (Phi) is 8.64. The highest BCUT2D eigenvalue weighted by Crippen LogP contribution is 2.65. The van der Waals surface area contributed by atoms with E-state index in [-0.39, 0.29) is 45.6 Å². The summed E-state index contributed by atoms with van der Waals surface area (Å²) in [5.41, 5.74) is 12.1. The smallest absolute Gasteiger partial charge is 0.270 e. The number of carbonyl (C=O) groups excluding carboxylic acids is 2. The second-order valence-electron chi connectivity index (χ2n) is 18.3. The minimum Gasteiger partial charge on any atom is -0.289 e. The van der Waals surface area contributed by atoms with Gasteiger partial charge in [-0.05, 0) is 94.5 Å². The van der Waals surface area contributed by atoms with Crippen molar-refractivity contribution in [2.45, 2.75) is 75.0 Å². The fourth-order valence-electron chi connectivity index (χ4n) is 12.6. The number of fused-ring (bicyclic) bond motifs is 13. The third kappa shape index (κ3) is 5.25. The predicted molar refractivity (Wildman–Crippen MR) is 253 cm³/mol. The molecule has 2 heterocycles. The normalized spacial score (nSPS) is 25.3. The minimum atomic E-state index is -0.141. The zero-order valence-corrected chi connectivity index (χ0v) is 36.5. The van der Waals surface area contributed by atoms with Gasteiger partial charge >= 0.3 is 0 Å². The topological polar surface area (TPSA) is 90.4 Å². The standard InChI is InChI=1S/C56H38N4O2S2/c1-59-47(29-57)49-35-13-5-7-15-37(35)51(61)41(49)25-33-27-45-53(63-33)39-21-31-24-44-40(22-32(31)23-43(39)55(45)17-9-3-10-18-55)54-46(56(44)19-11-4-12-20-56)28-34(64-54)26-42-50(48(30-58)60-2)36-14-6-8-16-38(36)52(42)62/h5-8,13-16,21-28,31-32H,3-4,9-12,17-20H2/b41-25-,42-26-,49-47-,50-48+. The first-order valence-electron chi connectivity index (χ1n) is 22.3. The quantitative estimate of drug-likeness (QED) is 0.114. The zero-order valence-electron chi connectivity index (χ0n) is 34.9. The first kappa shape index (κ1) is 38.7. The number of nitriles is 2. The van der Waals surface area contributed by atoms with Gasteiger partial charge in [0.15, 0.2) is 11.6 Å². The van der Waals surface area contributed by atoms with Crippen LogP contribution in [0, 0.1) is 47.6 Å². The third-order valence-corrected chi connectivity index (χ3v) is 17.6. The second kappa shape index (κ2) is 14.3. The van der Waals surface area contributed by atoms with Gasteiger partial charge in [-0.2, -0.15) is 0 Å². The Balaban J connectivity index is 0.962. The van der Waals surface area contributed by atoms with Crippen LogP contribution in [0.5, 0.6) is 0 Å². The number of nitrogens with zero attached hydrogens (tertiary/aromatic N) is 4. The van der Waals surface area contributed by atoms with Crippen molar-refractivity contribution >= 4 is 68.7 Å². The SMILES string of the molecule is [C-]#[N+]/C(C#N)=C1\C(=C\c2cc3c(s2)C2=CC4C=C5C(=CC4C=C2C32CCCCC2)c2sc(/C=C3\C(=O)c4ccccc4\C3=C(\C#N)[N+]#[C-])cc2C52CCCCC2)C(=O)c2ccccc21. The molecule has 8 heteroatoms. The lowest BCUT2D eigenvalue weighted by Crippen LogP contribution is -2.31. The van der Waals surface area contributed by atoms with E-state index in [1.807, 2.05) is 48.6 Å². The van der Waals surface area contributed by atoms with Crippen molar-refractivity contribution in [3.8, 4) is 12.1 Å². The summed E-state index contributed by atoms with van der Waals surface area (Å²) < 4.78 is 0. The van der Waals surface area contributed by atoms with Gasteiger partial charge in [0, 0.05) is 75.6 Å². The van der Waals surface area contributed by atoms with Crippen molar-refractivity contribution in [3.05, 3.63) is 194 Å². The number of hydrogen-bond acceptors (Lipinski definition) is 6. The third-order valence-electron chi connectivity index (χ3n) is 15.3. The van der Waals surface area contributed by atoms with Crippen LogP contribution in [-0.4, -0.2) is 11.6 Å². The number of hydrogen-bond donors (Lipinski definition) is 0. The fourth-order valence-corrected chi connectivity index (χ4v) is 15.1. The Labute approximate surface area is 380 Å². The second-order valence-corrected chi connectivity index (χ2v) is 20.5. The van der Waals surface area contributed by atoms with Gasteiger partial charge in [-0.25, -0.2) is 20.2 Å². The van der Waals surface area contributed by atoms with Gasteiger partial charge in [0.2, 0.25) is 0 Å².